The zero-order valence-electron chi connectivity index (χ0n) is 9.66. The van der Waals surface area contributed by atoms with Crippen LogP contribution < -0.4 is 5.32 Å². The number of nitrogens with one attached hydrogen (secondary N) is 1. The number of hydrogen-bond donors (Lipinski definition) is 1. The lowest BCUT2D eigenvalue weighted by molar-refractivity contribution is 0.172. The predicted molar refractivity (Wildman–Crippen MR) is 64.1 cm³/mol. The van der Waals surface area contributed by atoms with Crippen molar-refractivity contribution in [3.63, 3.8) is 0 Å². The summed E-state index contributed by atoms with van der Waals surface area (Å²) >= 11 is 5.31. The molecule has 2 atom stereocenters. The number of hydrogen-bond acceptors (Lipinski definition) is 3. The minimum Gasteiger partial charge on any atom is -0.383 e. The summed E-state index contributed by atoms with van der Waals surface area (Å²) in [7, 11) is 3.70. The van der Waals surface area contributed by atoms with Crippen LogP contribution in [-0.4, -0.2) is 56.1 Å². The van der Waals surface area contributed by atoms with Gasteiger partial charge in [-0.25, -0.2) is 0 Å². The Labute approximate surface area is 96.9 Å². The molecular formula is C10H20N2O2S. The molecule has 4 nitrogen and oxygen atoms in total. The van der Waals surface area contributed by atoms with E-state index >= 15 is 0 Å². The van der Waals surface area contributed by atoms with E-state index in [1.54, 1.807) is 7.11 Å². The first kappa shape index (κ1) is 12.7. The zero-order valence-corrected chi connectivity index (χ0v) is 10.5. The highest BCUT2D eigenvalue weighted by molar-refractivity contribution is 7.80. The average Bonchev–Trinajstić information content (AvgIpc) is 2.69. The van der Waals surface area contributed by atoms with E-state index in [0.29, 0.717) is 12.6 Å². The smallest absolute Gasteiger partial charge is 0.169 e. The van der Waals surface area contributed by atoms with Gasteiger partial charge in [-0.15, -0.1) is 0 Å². The van der Waals surface area contributed by atoms with E-state index in [0.717, 1.165) is 24.7 Å². The lowest BCUT2D eigenvalue weighted by Gasteiger charge is -2.28. The summed E-state index contributed by atoms with van der Waals surface area (Å²) in [6.45, 7) is 4.33. The molecule has 0 amide bonds. The standard InChI is InChI=1S/C10H20N2O2S/c1-8(6-13-3)11-10(15)12(2)9-4-5-14-7-9/h8-9H,4-7H2,1-3H3,(H,11,15). The molecule has 1 aliphatic heterocycles. The topological polar surface area (TPSA) is 33.7 Å². The summed E-state index contributed by atoms with van der Waals surface area (Å²) < 4.78 is 10.4. The monoisotopic (exact) mass is 232 g/mol. The molecule has 0 bridgehead atoms. The van der Waals surface area contributed by atoms with Gasteiger partial charge in [0.15, 0.2) is 5.11 Å². The second kappa shape index (κ2) is 6.25. The predicted octanol–water partition coefficient (Wildman–Crippen LogP) is 0.617. The van der Waals surface area contributed by atoms with Gasteiger partial charge in [-0.3, -0.25) is 0 Å². The van der Waals surface area contributed by atoms with E-state index < -0.39 is 0 Å². The molecule has 1 aliphatic rings. The van der Waals surface area contributed by atoms with Crippen LogP contribution in [0.4, 0.5) is 0 Å². The molecule has 1 fully saturated rings. The zero-order chi connectivity index (χ0) is 11.3. The Morgan fingerprint density at radius 2 is 2.47 bits per heavy atom. The molecule has 0 aromatic carbocycles. The van der Waals surface area contributed by atoms with Crippen molar-refractivity contribution in [2.45, 2.75) is 25.4 Å². The van der Waals surface area contributed by atoms with Crippen LogP contribution in [0.1, 0.15) is 13.3 Å². The highest BCUT2D eigenvalue weighted by Gasteiger charge is 2.22. The van der Waals surface area contributed by atoms with Crippen molar-refractivity contribution in [1.82, 2.24) is 10.2 Å². The lowest BCUT2D eigenvalue weighted by atomic mass is 10.2. The van der Waals surface area contributed by atoms with Gasteiger partial charge in [-0.1, -0.05) is 0 Å². The fourth-order valence-electron chi connectivity index (χ4n) is 1.60. The summed E-state index contributed by atoms with van der Waals surface area (Å²) in [4.78, 5) is 2.08. The fraction of sp³-hybridized carbons (Fsp3) is 0.900. The molecule has 0 radical (unpaired) electrons. The van der Waals surface area contributed by atoms with Gasteiger partial charge in [0.2, 0.25) is 0 Å². The third-order valence-corrected chi connectivity index (χ3v) is 2.97. The number of likely N-dealkylation sites (N-methyl/N-ethyl adjacent to an activating group) is 1. The Hall–Kier alpha value is -0.390. The van der Waals surface area contributed by atoms with E-state index in [9.17, 15) is 0 Å². The van der Waals surface area contributed by atoms with Gasteiger partial charge in [0.1, 0.15) is 0 Å². The third kappa shape index (κ3) is 3.93. The SMILES string of the molecule is COCC(C)NC(=S)N(C)C1CCOC1. The summed E-state index contributed by atoms with van der Waals surface area (Å²) in [5.41, 5.74) is 0. The number of thiocarbonyl (C=S) groups is 1. The minimum atomic E-state index is 0.243. The van der Waals surface area contributed by atoms with Crippen LogP contribution >= 0.6 is 12.2 Å². The molecule has 88 valence electrons. The lowest BCUT2D eigenvalue weighted by Crippen LogP contribution is -2.47. The molecule has 0 saturated carbocycles. The van der Waals surface area contributed by atoms with Crippen molar-refractivity contribution in [2.75, 3.05) is 34.0 Å². The van der Waals surface area contributed by atoms with Gasteiger partial charge in [0.05, 0.1) is 19.3 Å². The van der Waals surface area contributed by atoms with E-state index in [2.05, 4.69) is 17.1 Å². The Morgan fingerprint density at radius 3 is 3.00 bits per heavy atom. The van der Waals surface area contributed by atoms with Crippen LogP contribution in [0.3, 0.4) is 0 Å². The largest absolute Gasteiger partial charge is 0.383 e. The molecule has 0 aromatic heterocycles. The summed E-state index contributed by atoms with van der Waals surface area (Å²) in [5, 5.41) is 4.01. The molecule has 1 N–H and O–H groups in total. The number of rotatable bonds is 4. The van der Waals surface area contributed by atoms with Crippen LogP contribution in [0.2, 0.25) is 0 Å². The van der Waals surface area contributed by atoms with Crippen molar-refractivity contribution in [2.24, 2.45) is 0 Å². The summed E-state index contributed by atoms with van der Waals surface area (Å²) in [6.07, 6.45) is 1.05. The number of ether oxygens (including phenoxy) is 2. The molecule has 0 aromatic rings. The van der Waals surface area contributed by atoms with Crippen LogP contribution in [0.5, 0.6) is 0 Å². The van der Waals surface area contributed by atoms with E-state index in [-0.39, 0.29) is 6.04 Å². The maximum atomic E-state index is 5.33. The summed E-state index contributed by atoms with van der Waals surface area (Å²) in [6, 6.07) is 0.659. The fourth-order valence-corrected chi connectivity index (χ4v) is 1.95. The first-order valence-electron chi connectivity index (χ1n) is 5.25. The normalized spacial score (nSPS) is 22.5. The van der Waals surface area contributed by atoms with Gasteiger partial charge in [-0.05, 0) is 25.6 Å². The first-order chi connectivity index (χ1) is 7.15. The number of methoxy groups -OCH3 is 1. The second-order valence-electron chi connectivity index (χ2n) is 3.93. The Morgan fingerprint density at radius 1 is 1.73 bits per heavy atom. The van der Waals surface area contributed by atoms with Gasteiger partial charge in [0.25, 0.3) is 0 Å². The van der Waals surface area contributed by atoms with Gasteiger partial charge in [0, 0.05) is 26.8 Å². The van der Waals surface area contributed by atoms with E-state index in [4.69, 9.17) is 21.7 Å². The van der Waals surface area contributed by atoms with Gasteiger partial charge in [-0.2, -0.15) is 0 Å². The Balaban J connectivity index is 2.31. The molecule has 1 heterocycles. The molecule has 5 heteroatoms. The van der Waals surface area contributed by atoms with E-state index in [1.807, 2.05) is 7.05 Å². The molecule has 0 spiro atoms. The molecule has 2 unspecified atom stereocenters. The van der Waals surface area contributed by atoms with Crippen molar-refractivity contribution in [3.8, 4) is 0 Å². The minimum absolute atomic E-state index is 0.243. The van der Waals surface area contributed by atoms with Crippen molar-refractivity contribution in [3.05, 3.63) is 0 Å². The quantitative estimate of drug-likeness (QED) is 0.719. The molecule has 1 rings (SSSR count). The summed E-state index contributed by atoms with van der Waals surface area (Å²) in [5.74, 6) is 0. The van der Waals surface area contributed by atoms with Gasteiger partial charge < -0.3 is 19.7 Å². The molecule has 0 aliphatic carbocycles. The highest BCUT2D eigenvalue weighted by Crippen LogP contribution is 2.10. The van der Waals surface area contributed by atoms with Crippen molar-refractivity contribution >= 4 is 17.3 Å². The second-order valence-corrected chi connectivity index (χ2v) is 4.32. The third-order valence-electron chi connectivity index (χ3n) is 2.56. The highest BCUT2D eigenvalue weighted by atomic mass is 32.1. The molecule has 15 heavy (non-hydrogen) atoms. The van der Waals surface area contributed by atoms with Crippen LogP contribution in [0.25, 0.3) is 0 Å². The molecular weight excluding hydrogens is 212 g/mol. The van der Waals surface area contributed by atoms with Crippen molar-refractivity contribution in [1.29, 1.82) is 0 Å². The van der Waals surface area contributed by atoms with Crippen LogP contribution in [0.15, 0.2) is 0 Å². The maximum absolute atomic E-state index is 5.33. The van der Waals surface area contributed by atoms with Crippen LogP contribution in [-0.2, 0) is 9.47 Å². The van der Waals surface area contributed by atoms with Crippen molar-refractivity contribution < 1.29 is 9.47 Å². The first-order valence-corrected chi connectivity index (χ1v) is 5.66. The molecule has 1 saturated heterocycles. The van der Waals surface area contributed by atoms with E-state index in [1.165, 1.54) is 0 Å². The number of nitrogens with zero attached hydrogens (tertiary/aromatic N) is 1. The Kier molecular flexibility index (Phi) is 5.28. The average molecular weight is 232 g/mol. The van der Waals surface area contributed by atoms with Gasteiger partial charge >= 0.3 is 0 Å². The van der Waals surface area contributed by atoms with Crippen LogP contribution in [0, 0.1) is 0 Å². The Bertz CT molecular complexity index is 208. The maximum Gasteiger partial charge on any atom is 0.169 e.